The number of allylic oxidation sites excluding steroid dienone is 12. The van der Waals surface area contributed by atoms with E-state index in [2.05, 4.69) is 86.8 Å². The number of nitrogens with zero attached hydrogens (tertiary/aromatic N) is 1. The molecule has 0 N–H and O–H groups in total. The zero-order chi connectivity index (χ0) is 43.5. The lowest BCUT2D eigenvalue weighted by Gasteiger charge is -2.34. The SMILES string of the molecule is CC/C=C\C/C=C\C/C=C\C/C=C\C/C=C\CCCCCC(=O)OC(COCCC(C(=O)[O-])[N+](C)(C)C)COC(=O)CCCCCCC/C=C\CCCCCCCCC. The number of carbonyl (C=O) groups excluding carboxylic acids is 3. The minimum absolute atomic E-state index is 0.0213. The van der Waals surface area contributed by atoms with Crippen molar-refractivity contribution in [3.63, 3.8) is 0 Å². The summed E-state index contributed by atoms with van der Waals surface area (Å²) in [6.07, 6.45) is 52.1. The summed E-state index contributed by atoms with van der Waals surface area (Å²) in [7, 11) is 5.39. The highest BCUT2D eigenvalue weighted by atomic mass is 16.6. The number of carboxylic acids is 1. The number of hydrogen-bond acceptors (Lipinski definition) is 7. The standard InChI is InChI=1S/C51H87NO7/c1-6-8-10-12-14-16-18-20-22-24-25-26-28-30-32-34-36-38-40-42-50(54)59-47(45-57-44-43-48(51(55)56)52(3,4)5)46-58-49(53)41-39-37-35-33-31-29-27-23-21-19-17-15-13-11-9-7-2/h8,10,14,16,20,22-23,25-27,30,32,47-48H,6-7,9,11-13,15,17-19,21,24,28-29,31,33-46H2,1-5H3/b10-8-,16-14-,22-20-,26-25-,27-23-,32-30-. The van der Waals surface area contributed by atoms with Crippen LogP contribution < -0.4 is 5.11 Å². The number of carbonyl (C=O) groups is 3. The van der Waals surface area contributed by atoms with E-state index in [0.29, 0.717) is 12.8 Å². The van der Waals surface area contributed by atoms with Gasteiger partial charge in [-0.1, -0.05) is 151 Å². The summed E-state index contributed by atoms with van der Waals surface area (Å²) in [6, 6.07) is -0.736. The van der Waals surface area contributed by atoms with E-state index in [0.717, 1.165) is 83.5 Å². The largest absolute Gasteiger partial charge is 0.544 e. The van der Waals surface area contributed by atoms with Crippen LogP contribution in [0.3, 0.4) is 0 Å². The lowest BCUT2D eigenvalue weighted by atomic mass is 10.1. The van der Waals surface area contributed by atoms with Gasteiger partial charge in [0.1, 0.15) is 12.6 Å². The second kappa shape index (κ2) is 41.5. The molecule has 0 aromatic heterocycles. The molecular formula is C51H87NO7. The van der Waals surface area contributed by atoms with Crippen molar-refractivity contribution in [2.75, 3.05) is 41.0 Å². The van der Waals surface area contributed by atoms with Crippen LogP contribution in [0.4, 0.5) is 0 Å². The van der Waals surface area contributed by atoms with E-state index in [1.807, 2.05) is 0 Å². The number of likely N-dealkylation sites (N-methyl/N-ethyl adjacent to an activating group) is 1. The van der Waals surface area contributed by atoms with E-state index in [1.165, 1.54) is 57.8 Å². The third-order valence-corrected chi connectivity index (χ3v) is 10.1. The summed E-state index contributed by atoms with van der Waals surface area (Å²) in [5, 5.41) is 11.6. The first-order chi connectivity index (χ1) is 28.6. The van der Waals surface area contributed by atoms with Gasteiger partial charge >= 0.3 is 11.9 Å². The predicted molar refractivity (Wildman–Crippen MR) is 245 cm³/mol. The van der Waals surface area contributed by atoms with E-state index in [9.17, 15) is 19.5 Å². The van der Waals surface area contributed by atoms with Crippen LogP contribution in [0.2, 0.25) is 0 Å². The summed E-state index contributed by atoms with van der Waals surface area (Å²) < 4.78 is 17.2. The Bertz CT molecular complexity index is 1190. The van der Waals surface area contributed by atoms with Gasteiger partial charge < -0.3 is 28.6 Å². The first kappa shape index (κ1) is 55.8. The molecule has 0 aliphatic carbocycles. The zero-order valence-corrected chi connectivity index (χ0v) is 38.4. The Morgan fingerprint density at radius 3 is 1.44 bits per heavy atom. The van der Waals surface area contributed by atoms with E-state index >= 15 is 0 Å². The summed E-state index contributed by atoms with van der Waals surface area (Å²) in [5.74, 6) is -1.79. The predicted octanol–water partition coefficient (Wildman–Crippen LogP) is 11.8. The molecule has 0 heterocycles. The number of hydrogen-bond donors (Lipinski definition) is 0. The molecule has 0 bridgehead atoms. The minimum Gasteiger partial charge on any atom is -0.544 e. The monoisotopic (exact) mass is 826 g/mol. The van der Waals surface area contributed by atoms with Gasteiger partial charge in [-0.15, -0.1) is 0 Å². The Labute approximate surface area is 361 Å². The Kier molecular flexibility index (Phi) is 39.2. The van der Waals surface area contributed by atoms with Crippen molar-refractivity contribution in [3.05, 3.63) is 72.9 Å². The number of carboxylic acid groups (broad SMARTS) is 1. The zero-order valence-electron chi connectivity index (χ0n) is 38.4. The highest BCUT2D eigenvalue weighted by Crippen LogP contribution is 2.13. The fourth-order valence-corrected chi connectivity index (χ4v) is 6.44. The third kappa shape index (κ3) is 40.0. The molecule has 0 rings (SSSR count). The maximum atomic E-state index is 12.7. The molecule has 59 heavy (non-hydrogen) atoms. The molecule has 0 aliphatic rings. The van der Waals surface area contributed by atoms with Crippen LogP contribution in [-0.4, -0.2) is 75.5 Å². The smallest absolute Gasteiger partial charge is 0.306 e. The summed E-state index contributed by atoms with van der Waals surface area (Å²) in [4.78, 5) is 36.9. The van der Waals surface area contributed by atoms with Crippen molar-refractivity contribution in [1.82, 2.24) is 0 Å². The number of esters is 2. The van der Waals surface area contributed by atoms with Gasteiger partial charge in [0, 0.05) is 19.3 Å². The number of ether oxygens (including phenoxy) is 3. The Morgan fingerprint density at radius 1 is 0.525 bits per heavy atom. The lowest BCUT2D eigenvalue weighted by Crippen LogP contribution is -2.55. The quantitative estimate of drug-likeness (QED) is 0.0262. The molecule has 0 fully saturated rings. The van der Waals surface area contributed by atoms with Crippen LogP contribution in [0, 0.1) is 0 Å². The molecule has 2 atom stereocenters. The molecule has 0 spiro atoms. The van der Waals surface area contributed by atoms with Crippen LogP contribution in [0.15, 0.2) is 72.9 Å². The normalized spacial score (nSPS) is 13.6. The molecule has 8 nitrogen and oxygen atoms in total. The topological polar surface area (TPSA) is 102 Å². The van der Waals surface area contributed by atoms with Gasteiger partial charge in [0.25, 0.3) is 0 Å². The molecule has 0 aliphatic heterocycles. The fraction of sp³-hybridized carbons (Fsp3) is 0.706. The highest BCUT2D eigenvalue weighted by molar-refractivity contribution is 5.70. The van der Waals surface area contributed by atoms with E-state index in [-0.39, 0.29) is 49.1 Å². The summed E-state index contributed by atoms with van der Waals surface area (Å²) in [5.41, 5.74) is 0. The number of quaternary nitrogens is 1. The molecule has 0 radical (unpaired) electrons. The molecule has 0 saturated carbocycles. The van der Waals surface area contributed by atoms with Gasteiger partial charge in [-0.2, -0.15) is 0 Å². The second-order valence-corrected chi connectivity index (χ2v) is 16.6. The van der Waals surface area contributed by atoms with Crippen LogP contribution in [-0.2, 0) is 28.6 Å². The fourth-order valence-electron chi connectivity index (χ4n) is 6.44. The molecule has 0 saturated heterocycles. The van der Waals surface area contributed by atoms with Gasteiger partial charge in [-0.3, -0.25) is 9.59 Å². The van der Waals surface area contributed by atoms with Crippen molar-refractivity contribution < 1.29 is 38.2 Å². The molecular weight excluding hydrogens is 739 g/mol. The van der Waals surface area contributed by atoms with Crippen LogP contribution in [0.5, 0.6) is 0 Å². The molecule has 8 heteroatoms. The molecule has 0 amide bonds. The van der Waals surface area contributed by atoms with Gasteiger partial charge in [-0.25, -0.2) is 0 Å². The molecule has 2 unspecified atom stereocenters. The second-order valence-electron chi connectivity index (χ2n) is 16.6. The van der Waals surface area contributed by atoms with E-state index < -0.39 is 18.1 Å². The number of aliphatic carboxylic acids is 1. The Morgan fingerprint density at radius 2 is 0.949 bits per heavy atom. The van der Waals surface area contributed by atoms with Crippen LogP contribution in [0.1, 0.15) is 181 Å². The average Bonchev–Trinajstić information content (AvgIpc) is 3.19. The summed E-state index contributed by atoms with van der Waals surface area (Å²) >= 11 is 0. The van der Waals surface area contributed by atoms with Gasteiger partial charge in [0.15, 0.2) is 6.10 Å². The third-order valence-electron chi connectivity index (χ3n) is 10.1. The van der Waals surface area contributed by atoms with Gasteiger partial charge in [-0.05, 0) is 83.5 Å². The van der Waals surface area contributed by atoms with Crippen molar-refractivity contribution in [1.29, 1.82) is 0 Å². The number of unbranched alkanes of at least 4 members (excludes halogenated alkanes) is 15. The molecule has 338 valence electrons. The van der Waals surface area contributed by atoms with Gasteiger partial charge in [0.2, 0.25) is 0 Å². The van der Waals surface area contributed by atoms with Crippen molar-refractivity contribution >= 4 is 17.9 Å². The summed E-state index contributed by atoms with van der Waals surface area (Å²) in [6.45, 7) is 4.50. The average molecular weight is 826 g/mol. The van der Waals surface area contributed by atoms with Gasteiger partial charge in [0.05, 0.1) is 40.3 Å². The maximum absolute atomic E-state index is 12.7. The van der Waals surface area contributed by atoms with Crippen molar-refractivity contribution in [2.45, 2.75) is 193 Å². The van der Waals surface area contributed by atoms with E-state index in [4.69, 9.17) is 14.2 Å². The Balaban J connectivity index is 4.41. The number of rotatable bonds is 41. The first-order valence-corrected chi connectivity index (χ1v) is 23.5. The van der Waals surface area contributed by atoms with Crippen molar-refractivity contribution in [2.24, 2.45) is 0 Å². The first-order valence-electron chi connectivity index (χ1n) is 23.5. The molecule has 0 aromatic rings. The molecule has 0 aromatic carbocycles. The van der Waals surface area contributed by atoms with E-state index in [1.54, 1.807) is 21.1 Å². The van der Waals surface area contributed by atoms with Crippen LogP contribution in [0.25, 0.3) is 0 Å². The lowest BCUT2D eigenvalue weighted by molar-refractivity contribution is -0.889. The van der Waals surface area contributed by atoms with Crippen LogP contribution >= 0.6 is 0 Å². The minimum atomic E-state index is -1.13. The van der Waals surface area contributed by atoms with Crippen molar-refractivity contribution in [3.8, 4) is 0 Å². The maximum Gasteiger partial charge on any atom is 0.306 e. The highest BCUT2D eigenvalue weighted by Gasteiger charge is 2.25. The Hall–Kier alpha value is -3.23.